The molecule has 0 radical (unpaired) electrons. The van der Waals surface area contributed by atoms with Gasteiger partial charge in [-0.1, -0.05) is 12.1 Å². The summed E-state index contributed by atoms with van der Waals surface area (Å²) in [6, 6.07) is 6.42. The van der Waals surface area contributed by atoms with Crippen molar-refractivity contribution in [1.82, 2.24) is 14.5 Å². The van der Waals surface area contributed by atoms with Crippen LogP contribution >= 0.6 is 0 Å². The molecular weight excluding hydrogens is 321 g/mol. The maximum atomic E-state index is 13.6. The number of para-hydroxylation sites is 1. The van der Waals surface area contributed by atoms with Crippen molar-refractivity contribution in [1.29, 1.82) is 0 Å². The summed E-state index contributed by atoms with van der Waals surface area (Å²) in [4.78, 5) is 18.7. The van der Waals surface area contributed by atoms with Gasteiger partial charge in [0.1, 0.15) is 6.54 Å². The topological polar surface area (TPSA) is 47.4 Å². The van der Waals surface area contributed by atoms with Gasteiger partial charge in [0.2, 0.25) is 5.91 Å². The molecule has 0 bridgehead atoms. The Bertz CT molecular complexity index is 744. The van der Waals surface area contributed by atoms with Gasteiger partial charge in [0, 0.05) is 24.7 Å². The monoisotopic (exact) mass is 345 g/mol. The summed E-state index contributed by atoms with van der Waals surface area (Å²) in [7, 11) is 0. The van der Waals surface area contributed by atoms with Gasteiger partial charge in [0.15, 0.2) is 11.6 Å². The number of carbonyl (C=O) groups is 1. The smallest absolute Gasteiger partial charge is 0.242 e. The first-order valence-corrected chi connectivity index (χ1v) is 8.68. The molecule has 0 spiro atoms. The van der Waals surface area contributed by atoms with E-state index in [-0.39, 0.29) is 23.4 Å². The van der Waals surface area contributed by atoms with Crippen LogP contribution in [0.5, 0.6) is 5.75 Å². The molecule has 1 saturated heterocycles. The minimum atomic E-state index is -0.350. The van der Waals surface area contributed by atoms with Gasteiger partial charge in [-0.3, -0.25) is 4.79 Å². The van der Waals surface area contributed by atoms with Gasteiger partial charge in [-0.2, -0.15) is 0 Å². The van der Waals surface area contributed by atoms with Crippen LogP contribution in [0.1, 0.15) is 24.2 Å². The van der Waals surface area contributed by atoms with E-state index in [0.717, 1.165) is 30.8 Å². The van der Waals surface area contributed by atoms with E-state index in [4.69, 9.17) is 4.74 Å². The summed E-state index contributed by atoms with van der Waals surface area (Å²) in [6.07, 6.45) is 3.64. The van der Waals surface area contributed by atoms with Gasteiger partial charge in [-0.15, -0.1) is 0 Å². The molecule has 1 amide bonds. The molecule has 1 aromatic heterocycles. The van der Waals surface area contributed by atoms with Gasteiger partial charge in [0.05, 0.1) is 18.6 Å². The molecule has 2 aromatic rings. The van der Waals surface area contributed by atoms with Crippen molar-refractivity contribution in [3.8, 4) is 5.75 Å². The van der Waals surface area contributed by atoms with E-state index in [1.807, 2.05) is 23.3 Å². The van der Waals surface area contributed by atoms with Crippen LogP contribution < -0.4 is 4.74 Å². The average Bonchev–Trinajstić information content (AvgIpc) is 2.93. The van der Waals surface area contributed by atoms with Crippen LogP contribution in [0.4, 0.5) is 4.39 Å². The Morgan fingerprint density at radius 1 is 1.36 bits per heavy atom. The molecule has 0 N–H and O–H groups in total. The second-order valence-electron chi connectivity index (χ2n) is 6.63. The van der Waals surface area contributed by atoms with Crippen LogP contribution in [0.2, 0.25) is 0 Å². The van der Waals surface area contributed by atoms with Crippen LogP contribution in [-0.4, -0.2) is 40.1 Å². The number of ether oxygens (including phenoxy) is 1. The summed E-state index contributed by atoms with van der Waals surface area (Å²) in [5.41, 5.74) is 1.97. The van der Waals surface area contributed by atoms with E-state index in [9.17, 15) is 9.18 Å². The molecule has 1 fully saturated rings. The largest absolute Gasteiger partial charge is 0.490 e. The second kappa shape index (κ2) is 7.68. The van der Waals surface area contributed by atoms with Crippen LogP contribution in [0.3, 0.4) is 0 Å². The Labute approximate surface area is 147 Å². The molecule has 5 nitrogen and oxygen atoms in total. The molecule has 1 unspecified atom stereocenters. The lowest BCUT2D eigenvalue weighted by Crippen LogP contribution is -2.43. The number of aryl methyl sites for hydroxylation is 1. The number of hydrogen-bond acceptors (Lipinski definition) is 3. The molecule has 1 aliphatic heterocycles. The minimum Gasteiger partial charge on any atom is -0.490 e. The Hall–Kier alpha value is -2.37. The number of likely N-dealkylation sites (tertiary alicyclic amines) is 1. The Balaban J connectivity index is 1.54. The number of halogens is 1. The van der Waals surface area contributed by atoms with E-state index >= 15 is 0 Å². The first kappa shape index (κ1) is 17.5. The molecule has 3 rings (SSSR count). The highest BCUT2D eigenvalue weighted by atomic mass is 19.1. The lowest BCUT2D eigenvalue weighted by Gasteiger charge is -2.33. The molecule has 25 heavy (non-hydrogen) atoms. The highest BCUT2D eigenvalue weighted by Crippen LogP contribution is 2.21. The minimum absolute atomic E-state index is 0.0936. The second-order valence-corrected chi connectivity index (χ2v) is 6.63. The first-order chi connectivity index (χ1) is 12.0. The number of carbonyl (C=O) groups excluding carboxylic acids is 1. The third kappa shape index (κ3) is 4.18. The van der Waals surface area contributed by atoms with E-state index in [1.165, 1.54) is 6.07 Å². The van der Waals surface area contributed by atoms with Crippen molar-refractivity contribution in [3.63, 3.8) is 0 Å². The van der Waals surface area contributed by atoms with Crippen molar-refractivity contribution in [2.75, 3.05) is 19.7 Å². The zero-order chi connectivity index (χ0) is 17.8. The summed E-state index contributed by atoms with van der Waals surface area (Å²) in [6.45, 7) is 6.06. The number of hydrogen-bond donors (Lipinski definition) is 0. The van der Waals surface area contributed by atoms with Crippen molar-refractivity contribution in [2.24, 2.45) is 5.92 Å². The number of aromatic nitrogens is 2. The van der Waals surface area contributed by atoms with E-state index < -0.39 is 0 Å². The Morgan fingerprint density at radius 2 is 2.16 bits per heavy atom. The van der Waals surface area contributed by atoms with Gasteiger partial charge >= 0.3 is 0 Å². The SMILES string of the molecule is Cc1ncn(CC(=O)N2CCCC(COc3ccccc3F)C2)c1C. The fourth-order valence-corrected chi connectivity index (χ4v) is 3.15. The molecular formula is C19H24FN3O2. The van der Waals surface area contributed by atoms with E-state index in [1.54, 1.807) is 24.5 Å². The maximum Gasteiger partial charge on any atom is 0.242 e. The van der Waals surface area contributed by atoms with Crippen molar-refractivity contribution in [2.45, 2.75) is 33.2 Å². The fraction of sp³-hybridized carbons (Fsp3) is 0.474. The summed E-state index contributed by atoms with van der Waals surface area (Å²) >= 11 is 0. The van der Waals surface area contributed by atoms with Crippen LogP contribution in [0.25, 0.3) is 0 Å². The van der Waals surface area contributed by atoms with Crippen LogP contribution in [0, 0.1) is 25.6 Å². The van der Waals surface area contributed by atoms with Crippen molar-refractivity contribution in [3.05, 3.63) is 47.8 Å². The molecule has 1 aliphatic rings. The van der Waals surface area contributed by atoms with Crippen LogP contribution in [0.15, 0.2) is 30.6 Å². The molecule has 1 aromatic carbocycles. The summed E-state index contributed by atoms with van der Waals surface area (Å²) in [5.74, 6) is 0.242. The van der Waals surface area contributed by atoms with Gasteiger partial charge < -0.3 is 14.2 Å². The molecule has 2 heterocycles. The predicted octanol–water partition coefficient (Wildman–Crippen LogP) is 2.96. The Kier molecular flexibility index (Phi) is 5.36. The lowest BCUT2D eigenvalue weighted by atomic mass is 9.99. The van der Waals surface area contributed by atoms with Gasteiger partial charge in [0.25, 0.3) is 0 Å². The summed E-state index contributed by atoms with van der Waals surface area (Å²) < 4.78 is 21.1. The standard InChI is InChI=1S/C19H24FN3O2/c1-14-15(2)23(13-21-14)11-19(24)22-9-5-6-16(10-22)12-25-18-8-4-3-7-17(18)20/h3-4,7-8,13,16H,5-6,9-12H2,1-2H3. The number of imidazole rings is 1. The number of amides is 1. The molecule has 6 heteroatoms. The van der Waals surface area contributed by atoms with E-state index in [0.29, 0.717) is 19.7 Å². The third-order valence-electron chi connectivity index (χ3n) is 4.83. The van der Waals surface area contributed by atoms with E-state index in [2.05, 4.69) is 4.98 Å². The maximum absolute atomic E-state index is 13.6. The van der Waals surface area contributed by atoms with Gasteiger partial charge in [-0.05, 0) is 38.8 Å². The molecule has 0 saturated carbocycles. The third-order valence-corrected chi connectivity index (χ3v) is 4.83. The van der Waals surface area contributed by atoms with Crippen LogP contribution in [-0.2, 0) is 11.3 Å². The Morgan fingerprint density at radius 3 is 2.88 bits per heavy atom. The fourth-order valence-electron chi connectivity index (χ4n) is 3.15. The summed E-state index contributed by atoms with van der Waals surface area (Å²) in [5, 5.41) is 0. The number of benzene rings is 1. The normalized spacial score (nSPS) is 17.6. The predicted molar refractivity (Wildman–Crippen MR) is 92.9 cm³/mol. The molecule has 0 aliphatic carbocycles. The van der Waals surface area contributed by atoms with Crippen molar-refractivity contribution < 1.29 is 13.9 Å². The van der Waals surface area contributed by atoms with Crippen molar-refractivity contribution >= 4 is 5.91 Å². The van der Waals surface area contributed by atoms with Gasteiger partial charge in [-0.25, -0.2) is 9.37 Å². The lowest BCUT2D eigenvalue weighted by molar-refractivity contribution is -0.133. The number of nitrogens with zero attached hydrogens (tertiary/aromatic N) is 3. The molecule has 1 atom stereocenters. The average molecular weight is 345 g/mol. The quantitative estimate of drug-likeness (QED) is 0.837. The highest BCUT2D eigenvalue weighted by molar-refractivity contribution is 5.76. The number of rotatable bonds is 5. The zero-order valence-corrected chi connectivity index (χ0v) is 14.7. The zero-order valence-electron chi connectivity index (χ0n) is 14.7. The molecule has 134 valence electrons. The highest BCUT2D eigenvalue weighted by Gasteiger charge is 2.24. The first-order valence-electron chi connectivity index (χ1n) is 8.68. The number of piperidine rings is 1.